The van der Waals surface area contributed by atoms with E-state index in [-0.39, 0.29) is 5.91 Å². The SMILES string of the molecule is C=CCNC(=O)c1sc(NCc2ncon2)cc1N. The van der Waals surface area contributed by atoms with Gasteiger partial charge in [0.25, 0.3) is 5.91 Å². The second kappa shape index (κ2) is 6.01. The highest BCUT2D eigenvalue weighted by Crippen LogP contribution is 2.29. The summed E-state index contributed by atoms with van der Waals surface area (Å²) in [5.74, 6) is 0.319. The van der Waals surface area contributed by atoms with Gasteiger partial charge in [0.15, 0.2) is 5.82 Å². The van der Waals surface area contributed by atoms with Crippen molar-refractivity contribution in [3.8, 4) is 0 Å². The third-order valence-corrected chi connectivity index (χ3v) is 3.31. The van der Waals surface area contributed by atoms with Crippen molar-refractivity contribution in [3.63, 3.8) is 0 Å². The summed E-state index contributed by atoms with van der Waals surface area (Å²) in [4.78, 5) is 16.1. The summed E-state index contributed by atoms with van der Waals surface area (Å²) in [6.45, 7) is 4.35. The number of amides is 1. The minimum Gasteiger partial charge on any atom is -0.397 e. The largest absolute Gasteiger partial charge is 0.397 e. The second-order valence-electron chi connectivity index (χ2n) is 3.59. The summed E-state index contributed by atoms with van der Waals surface area (Å²) < 4.78 is 4.62. The molecule has 2 heterocycles. The van der Waals surface area contributed by atoms with Gasteiger partial charge in [0, 0.05) is 6.54 Å². The third kappa shape index (κ3) is 3.32. The van der Waals surface area contributed by atoms with Gasteiger partial charge in [0.2, 0.25) is 6.39 Å². The van der Waals surface area contributed by atoms with E-state index in [9.17, 15) is 4.79 Å². The maximum atomic E-state index is 11.8. The molecule has 19 heavy (non-hydrogen) atoms. The van der Waals surface area contributed by atoms with Crippen LogP contribution in [0.5, 0.6) is 0 Å². The molecule has 2 rings (SSSR count). The number of hydrogen-bond donors (Lipinski definition) is 3. The molecule has 0 aromatic carbocycles. The first-order valence-corrected chi connectivity index (χ1v) is 6.30. The van der Waals surface area contributed by atoms with Crippen LogP contribution in [-0.2, 0) is 6.54 Å². The Labute approximate surface area is 113 Å². The zero-order valence-corrected chi connectivity index (χ0v) is 10.9. The first-order chi connectivity index (χ1) is 9.20. The van der Waals surface area contributed by atoms with Crippen molar-refractivity contribution >= 4 is 27.9 Å². The highest BCUT2D eigenvalue weighted by Gasteiger charge is 2.13. The Morgan fingerprint density at radius 2 is 2.47 bits per heavy atom. The molecule has 0 bridgehead atoms. The van der Waals surface area contributed by atoms with E-state index in [1.807, 2.05) is 0 Å². The average Bonchev–Trinajstić information content (AvgIpc) is 3.02. The van der Waals surface area contributed by atoms with E-state index in [0.29, 0.717) is 29.5 Å². The van der Waals surface area contributed by atoms with Crippen molar-refractivity contribution in [1.82, 2.24) is 15.5 Å². The predicted molar refractivity (Wildman–Crippen MR) is 72.9 cm³/mol. The van der Waals surface area contributed by atoms with Crippen LogP contribution in [0.25, 0.3) is 0 Å². The van der Waals surface area contributed by atoms with Gasteiger partial charge in [-0.3, -0.25) is 4.79 Å². The molecule has 8 heteroatoms. The van der Waals surface area contributed by atoms with Crippen LogP contribution < -0.4 is 16.4 Å². The quantitative estimate of drug-likeness (QED) is 0.687. The normalized spacial score (nSPS) is 10.1. The number of nitrogens with one attached hydrogen (secondary N) is 2. The van der Waals surface area contributed by atoms with Gasteiger partial charge in [-0.05, 0) is 6.07 Å². The number of anilines is 2. The van der Waals surface area contributed by atoms with Gasteiger partial charge in [0.05, 0.1) is 17.2 Å². The molecule has 0 aliphatic heterocycles. The average molecular weight is 279 g/mol. The molecule has 0 aliphatic carbocycles. The summed E-state index contributed by atoms with van der Waals surface area (Å²) in [6, 6.07) is 1.70. The molecule has 100 valence electrons. The summed E-state index contributed by atoms with van der Waals surface area (Å²) in [6.07, 6.45) is 2.87. The maximum absolute atomic E-state index is 11.8. The van der Waals surface area contributed by atoms with Gasteiger partial charge in [-0.25, -0.2) is 0 Å². The van der Waals surface area contributed by atoms with E-state index in [0.717, 1.165) is 5.00 Å². The number of nitrogen functional groups attached to an aromatic ring is 1. The van der Waals surface area contributed by atoms with Crippen LogP contribution in [0.2, 0.25) is 0 Å². The highest BCUT2D eigenvalue weighted by atomic mass is 32.1. The van der Waals surface area contributed by atoms with Crippen LogP contribution in [0.15, 0.2) is 29.6 Å². The number of aromatic nitrogens is 2. The van der Waals surface area contributed by atoms with E-state index in [1.165, 1.54) is 17.7 Å². The third-order valence-electron chi connectivity index (χ3n) is 2.20. The number of carbonyl (C=O) groups is 1. The Morgan fingerprint density at radius 3 is 3.16 bits per heavy atom. The van der Waals surface area contributed by atoms with Crippen LogP contribution in [0.1, 0.15) is 15.5 Å². The fourth-order valence-electron chi connectivity index (χ4n) is 1.35. The topological polar surface area (TPSA) is 106 Å². The van der Waals surface area contributed by atoms with Crippen molar-refractivity contribution in [1.29, 1.82) is 0 Å². The summed E-state index contributed by atoms with van der Waals surface area (Å²) in [5.41, 5.74) is 6.23. The molecule has 0 spiro atoms. The molecule has 2 aromatic heterocycles. The molecule has 1 amide bonds. The van der Waals surface area contributed by atoms with Gasteiger partial charge in [-0.15, -0.1) is 17.9 Å². The molecular formula is C11H13N5O2S. The Morgan fingerprint density at radius 1 is 1.63 bits per heavy atom. The van der Waals surface area contributed by atoms with Gasteiger partial charge < -0.3 is 20.9 Å². The van der Waals surface area contributed by atoms with Gasteiger partial charge in [-0.1, -0.05) is 11.2 Å². The van der Waals surface area contributed by atoms with E-state index >= 15 is 0 Å². The number of nitrogens with zero attached hydrogens (tertiary/aromatic N) is 2. The Kier molecular flexibility index (Phi) is 4.14. The Hall–Kier alpha value is -2.35. The minimum atomic E-state index is -0.213. The smallest absolute Gasteiger partial charge is 0.263 e. The van der Waals surface area contributed by atoms with Crippen LogP contribution in [0, 0.1) is 0 Å². The van der Waals surface area contributed by atoms with Gasteiger partial charge >= 0.3 is 0 Å². The highest BCUT2D eigenvalue weighted by molar-refractivity contribution is 7.18. The van der Waals surface area contributed by atoms with E-state index in [2.05, 4.69) is 31.9 Å². The summed E-state index contributed by atoms with van der Waals surface area (Å²) >= 11 is 1.27. The van der Waals surface area contributed by atoms with Crippen molar-refractivity contribution in [2.75, 3.05) is 17.6 Å². The first-order valence-electron chi connectivity index (χ1n) is 5.48. The molecule has 0 fully saturated rings. The van der Waals surface area contributed by atoms with Crippen molar-refractivity contribution in [3.05, 3.63) is 35.8 Å². The molecule has 0 atom stereocenters. The van der Waals surface area contributed by atoms with Crippen LogP contribution in [0.3, 0.4) is 0 Å². The van der Waals surface area contributed by atoms with Crippen molar-refractivity contribution in [2.45, 2.75) is 6.54 Å². The minimum absolute atomic E-state index is 0.213. The molecule has 2 aromatic rings. The van der Waals surface area contributed by atoms with Crippen molar-refractivity contribution < 1.29 is 9.32 Å². The van der Waals surface area contributed by atoms with Crippen molar-refractivity contribution in [2.24, 2.45) is 0 Å². The number of hydrogen-bond acceptors (Lipinski definition) is 7. The Bertz CT molecular complexity index is 564. The Balaban J connectivity index is 1.99. The predicted octanol–water partition coefficient (Wildman–Crippen LogP) is 1.24. The van der Waals surface area contributed by atoms with Crippen LogP contribution in [-0.4, -0.2) is 22.6 Å². The maximum Gasteiger partial charge on any atom is 0.263 e. The molecule has 7 nitrogen and oxygen atoms in total. The molecular weight excluding hydrogens is 266 g/mol. The molecule has 4 N–H and O–H groups in total. The summed E-state index contributed by atoms with van der Waals surface area (Å²) in [5, 5.41) is 10.2. The van der Waals surface area contributed by atoms with E-state index in [4.69, 9.17) is 5.73 Å². The number of nitrogens with two attached hydrogens (primary N) is 1. The van der Waals surface area contributed by atoms with Crippen LogP contribution in [0.4, 0.5) is 10.7 Å². The zero-order valence-electron chi connectivity index (χ0n) is 10.0. The molecule has 0 aliphatic rings. The van der Waals surface area contributed by atoms with Gasteiger partial charge in [0.1, 0.15) is 4.88 Å². The molecule has 0 saturated heterocycles. The fourth-order valence-corrected chi connectivity index (χ4v) is 2.24. The van der Waals surface area contributed by atoms with Crippen LogP contribution >= 0.6 is 11.3 Å². The number of rotatable bonds is 6. The standard InChI is InChI=1S/C11H13N5O2S/c1-2-3-13-11(17)10-7(12)4-9(19-10)14-5-8-15-6-18-16-8/h2,4,6,14H,1,3,5,12H2,(H,13,17). The fraction of sp³-hybridized carbons (Fsp3) is 0.182. The molecule has 0 saturated carbocycles. The lowest BCUT2D eigenvalue weighted by atomic mass is 10.3. The molecule has 0 radical (unpaired) electrons. The summed E-state index contributed by atoms with van der Waals surface area (Å²) in [7, 11) is 0. The lowest BCUT2D eigenvalue weighted by molar-refractivity contribution is 0.0963. The monoisotopic (exact) mass is 279 g/mol. The second-order valence-corrected chi connectivity index (χ2v) is 4.65. The van der Waals surface area contributed by atoms with E-state index < -0.39 is 0 Å². The lowest BCUT2D eigenvalue weighted by Crippen LogP contribution is -2.22. The first kappa shape index (κ1) is 13.1. The van der Waals surface area contributed by atoms with Gasteiger partial charge in [-0.2, -0.15) is 4.98 Å². The zero-order chi connectivity index (χ0) is 13.7. The number of carbonyl (C=O) groups excluding carboxylic acids is 1. The lowest BCUT2D eigenvalue weighted by Gasteiger charge is -2.00. The number of thiophene rings is 1. The van der Waals surface area contributed by atoms with E-state index in [1.54, 1.807) is 12.1 Å². The molecule has 0 unspecified atom stereocenters.